The fourth-order valence-corrected chi connectivity index (χ4v) is 4.07. The maximum Gasteiger partial charge on any atom is 0.251 e. The summed E-state index contributed by atoms with van der Waals surface area (Å²) in [4.78, 5) is 34.8. The molecule has 1 atom stereocenters. The number of anilines is 1. The van der Waals surface area contributed by atoms with E-state index in [2.05, 4.69) is 20.6 Å². The Balaban J connectivity index is 1.43. The van der Waals surface area contributed by atoms with Crippen LogP contribution in [0.4, 0.5) is 5.95 Å². The van der Waals surface area contributed by atoms with Crippen molar-refractivity contribution in [2.45, 2.75) is 57.2 Å². The fraction of sp³-hybridized carbons (Fsp3) is 0.524. The smallest absolute Gasteiger partial charge is 0.251 e. The minimum absolute atomic E-state index is 0.0219. The van der Waals surface area contributed by atoms with Gasteiger partial charge in [-0.3, -0.25) is 9.59 Å². The molecule has 29 heavy (non-hydrogen) atoms. The Morgan fingerprint density at radius 1 is 1.14 bits per heavy atom. The molecule has 1 aliphatic carbocycles. The van der Waals surface area contributed by atoms with E-state index < -0.39 is 0 Å². The Bertz CT molecular complexity index is 910. The lowest BCUT2D eigenvalue weighted by Crippen LogP contribution is -2.38. The zero-order valence-corrected chi connectivity index (χ0v) is 16.6. The molecule has 0 spiro atoms. The molecule has 2 aliphatic rings. The van der Waals surface area contributed by atoms with Crippen LogP contribution in [0, 0.1) is 0 Å². The van der Waals surface area contributed by atoms with Crippen LogP contribution in [-0.4, -0.2) is 63.1 Å². The molecular formula is C21H27N5O3. The number of carbonyl (C=O) groups is 2. The summed E-state index contributed by atoms with van der Waals surface area (Å²) in [6.07, 6.45) is 5.69. The first kappa shape index (κ1) is 19.6. The number of hydrogen-bond donors (Lipinski definition) is 3. The van der Waals surface area contributed by atoms with Gasteiger partial charge in [0, 0.05) is 49.2 Å². The molecule has 8 heteroatoms. The quantitative estimate of drug-likeness (QED) is 0.725. The first-order valence-electron chi connectivity index (χ1n) is 10.3. The van der Waals surface area contributed by atoms with Gasteiger partial charge in [-0.25, -0.2) is 9.97 Å². The number of aliphatic hydroxyl groups is 1. The number of nitrogens with zero attached hydrogens (tertiary/aromatic N) is 3. The van der Waals surface area contributed by atoms with Crippen LogP contribution < -0.4 is 10.6 Å². The third-order valence-corrected chi connectivity index (χ3v) is 5.84. The Kier molecular flexibility index (Phi) is 5.62. The second-order valence-corrected chi connectivity index (χ2v) is 8.04. The number of aromatic nitrogens is 2. The highest BCUT2D eigenvalue weighted by atomic mass is 16.3. The average Bonchev–Trinajstić information content (AvgIpc) is 3.18. The van der Waals surface area contributed by atoms with E-state index in [1.165, 1.54) is 0 Å². The molecule has 2 amide bonds. The van der Waals surface area contributed by atoms with Gasteiger partial charge < -0.3 is 20.6 Å². The summed E-state index contributed by atoms with van der Waals surface area (Å²) in [7, 11) is 0. The summed E-state index contributed by atoms with van der Waals surface area (Å²) < 4.78 is 0. The van der Waals surface area contributed by atoms with Crippen LogP contribution in [0.15, 0.2) is 24.4 Å². The van der Waals surface area contributed by atoms with Gasteiger partial charge in [0.05, 0.1) is 11.6 Å². The second kappa shape index (κ2) is 8.32. The highest BCUT2D eigenvalue weighted by Crippen LogP contribution is 2.22. The summed E-state index contributed by atoms with van der Waals surface area (Å²) in [5.41, 5.74) is 1.26. The summed E-state index contributed by atoms with van der Waals surface area (Å²) in [6, 6.07) is 5.63. The molecule has 0 unspecified atom stereocenters. The molecule has 1 aromatic heterocycles. The number of hydrogen-bond acceptors (Lipinski definition) is 6. The topological polar surface area (TPSA) is 107 Å². The van der Waals surface area contributed by atoms with Gasteiger partial charge in [-0.2, -0.15) is 0 Å². The lowest BCUT2D eigenvalue weighted by atomic mass is 9.93. The van der Waals surface area contributed by atoms with Gasteiger partial charge >= 0.3 is 0 Å². The van der Waals surface area contributed by atoms with Crippen LogP contribution >= 0.6 is 0 Å². The highest BCUT2D eigenvalue weighted by molar-refractivity contribution is 5.98. The molecule has 0 radical (unpaired) electrons. The molecule has 1 saturated carbocycles. The van der Waals surface area contributed by atoms with Crippen LogP contribution in [0.2, 0.25) is 0 Å². The van der Waals surface area contributed by atoms with Gasteiger partial charge in [-0.15, -0.1) is 0 Å². The Morgan fingerprint density at radius 2 is 1.93 bits per heavy atom. The molecular weight excluding hydrogens is 370 g/mol. The summed E-state index contributed by atoms with van der Waals surface area (Å²) in [6.45, 7) is 2.79. The molecule has 2 fully saturated rings. The predicted octanol–water partition coefficient (Wildman–Crippen LogP) is 1.70. The first-order valence-corrected chi connectivity index (χ1v) is 10.3. The van der Waals surface area contributed by atoms with Crippen molar-refractivity contribution in [3.05, 3.63) is 30.0 Å². The number of nitrogens with one attached hydrogen (secondary N) is 2. The van der Waals surface area contributed by atoms with E-state index in [0.29, 0.717) is 30.1 Å². The van der Waals surface area contributed by atoms with Crippen molar-refractivity contribution >= 4 is 28.7 Å². The summed E-state index contributed by atoms with van der Waals surface area (Å²) in [5, 5.41) is 16.9. The highest BCUT2D eigenvalue weighted by Gasteiger charge is 2.25. The van der Waals surface area contributed by atoms with Gasteiger partial charge in [0.25, 0.3) is 5.91 Å². The standard InChI is InChI=1S/C21H27N5O3/c1-13(27)26-9-8-17(12-26)23-20(29)14-2-3-15-11-22-21(25-19(15)10-14)24-16-4-6-18(28)7-5-16/h2-3,10-11,16-18,28H,4-9,12H2,1H3,(H,23,29)(H,22,24,25)/t16-,17-,18-/m1/s1. The number of rotatable bonds is 4. The molecule has 2 aromatic rings. The van der Waals surface area contributed by atoms with Crippen molar-refractivity contribution in [2.24, 2.45) is 0 Å². The van der Waals surface area contributed by atoms with Crippen LogP contribution in [0.1, 0.15) is 49.4 Å². The molecule has 8 nitrogen and oxygen atoms in total. The number of likely N-dealkylation sites (tertiary alicyclic amines) is 1. The number of carbonyl (C=O) groups excluding carboxylic acids is 2. The monoisotopic (exact) mass is 397 g/mol. The van der Waals surface area contributed by atoms with Crippen LogP contribution in [0.25, 0.3) is 10.9 Å². The molecule has 3 N–H and O–H groups in total. The van der Waals surface area contributed by atoms with Crippen molar-refractivity contribution < 1.29 is 14.7 Å². The number of amides is 2. The van der Waals surface area contributed by atoms with Crippen molar-refractivity contribution in [1.82, 2.24) is 20.2 Å². The molecule has 154 valence electrons. The van der Waals surface area contributed by atoms with Gasteiger partial charge in [0.1, 0.15) is 0 Å². The molecule has 2 heterocycles. The van der Waals surface area contributed by atoms with Crippen molar-refractivity contribution in [3.8, 4) is 0 Å². The lowest BCUT2D eigenvalue weighted by molar-refractivity contribution is -0.127. The molecule has 1 aliphatic heterocycles. The fourth-order valence-electron chi connectivity index (χ4n) is 4.07. The molecule has 4 rings (SSSR count). The van der Waals surface area contributed by atoms with E-state index in [0.717, 1.165) is 37.5 Å². The van der Waals surface area contributed by atoms with Crippen LogP contribution in [0.3, 0.4) is 0 Å². The predicted molar refractivity (Wildman–Crippen MR) is 110 cm³/mol. The lowest BCUT2D eigenvalue weighted by Gasteiger charge is -2.26. The zero-order valence-electron chi connectivity index (χ0n) is 16.6. The summed E-state index contributed by atoms with van der Waals surface area (Å²) >= 11 is 0. The van der Waals surface area contributed by atoms with Crippen LogP contribution in [-0.2, 0) is 4.79 Å². The third-order valence-electron chi connectivity index (χ3n) is 5.84. The largest absolute Gasteiger partial charge is 0.393 e. The van der Waals surface area contributed by atoms with Gasteiger partial charge in [-0.05, 0) is 44.2 Å². The van der Waals surface area contributed by atoms with Crippen molar-refractivity contribution in [2.75, 3.05) is 18.4 Å². The van der Waals surface area contributed by atoms with Crippen LogP contribution in [0.5, 0.6) is 0 Å². The van der Waals surface area contributed by atoms with Gasteiger partial charge in [0.2, 0.25) is 11.9 Å². The molecule has 1 saturated heterocycles. The van der Waals surface area contributed by atoms with Gasteiger partial charge in [0.15, 0.2) is 0 Å². The maximum atomic E-state index is 12.7. The minimum atomic E-state index is -0.200. The first-order chi connectivity index (χ1) is 14.0. The number of aliphatic hydroxyl groups excluding tert-OH is 1. The minimum Gasteiger partial charge on any atom is -0.393 e. The van der Waals surface area contributed by atoms with E-state index in [-0.39, 0.29) is 30.0 Å². The average molecular weight is 397 g/mol. The summed E-state index contributed by atoms with van der Waals surface area (Å²) in [5.74, 6) is 0.428. The van der Waals surface area contributed by atoms with Crippen molar-refractivity contribution in [1.29, 1.82) is 0 Å². The number of benzene rings is 1. The van der Waals surface area contributed by atoms with E-state index in [1.54, 1.807) is 30.2 Å². The van der Waals surface area contributed by atoms with E-state index in [9.17, 15) is 14.7 Å². The second-order valence-electron chi connectivity index (χ2n) is 8.04. The maximum absolute atomic E-state index is 12.7. The Morgan fingerprint density at radius 3 is 2.66 bits per heavy atom. The van der Waals surface area contributed by atoms with E-state index in [4.69, 9.17) is 0 Å². The molecule has 0 bridgehead atoms. The van der Waals surface area contributed by atoms with Gasteiger partial charge in [-0.1, -0.05) is 6.07 Å². The Labute approximate surface area is 169 Å². The SMILES string of the molecule is CC(=O)N1CC[C@@H](NC(=O)c2ccc3cnc(N[C@H]4CC[C@H](O)CC4)nc3c2)C1. The normalized spacial score (nSPS) is 24.5. The van der Waals surface area contributed by atoms with E-state index in [1.807, 2.05) is 6.07 Å². The molecule has 1 aromatic carbocycles. The number of fused-ring (bicyclic) bond motifs is 1. The zero-order chi connectivity index (χ0) is 20.4. The third kappa shape index (κ3) is 4.64. The Hall–Kier alpha value is -2.74. The van der Waals surface area contributed by atoms with E-state index >= 15 is 0 Å². The van der Waals surface area contributed by atoms with Crippen molar-refractivity contribution in [3.63, 3.8) is 0 Å².